The number of carboxylic acids is 1. The molecule has 2 heterocycles. The fourth-order valence-electron chi connectivity index (χ4n) is 2.84. The number of aliphatic carboxylic acids is 1. The standard InChI is InChI=1S/C15H22N2O4/c1-4-13(15(19)20)16-5-7-17(8-6-16)14(18)12-9-10(2)21-11(12)3/h9,13H,4-8H2,1-3H3,(H,19,20)/t13-/m1/s1. The third-order valence-corrected chi connectivity index (χ3v) is 3.99. The number of rotatable bonds is 4. The quantitative estimate of drug-likeness (QED) is 0.911. The molecule has 0 bridgehead atoms. The predicted octanol–water partition coefficient (Wildman–Crippen LogP) is 1.52. The maximum absolute atomic E-state index is 12.4. The Morgan fingerprint density at radius 1 is 1.29 bits per heavy atom. The molecule has 21 heavy (non-hydrogen) atoms. The van der Waals surface area contributed by atoms with E-state index in [9.17, 15) is 14.7 Å². The molecule has 6 nitrogen and oxygen atoms in total. The van der Waals surface area contributed by atoms with Crippen molar-refractivity contribution in [1.29, 1.82) is 0 Å². The first-order valence-corrected chi connectivity index (χ1v) is 7.27. The van der Waals surface area contributed by atoms with Gasteiger partial charge in [-0.05, 0) is 26.3 Å². The highest BCUT2D eigenvalue weighted by Crippen LogP contribution is 2.18. The van der Waals surface area contributed by atoms with Gasteiger partial charge in [-0.15, -0.1) is 0 Å². The highest BCUT2D eigenvalue weighted by atomic mass is 16.4. The minimum Gasteiger partial charge on any atom is -0.480 e. The van der Waals surface area contributed by atoms with E-state index in [0.29, 0.717) is 43.9 Å². The largest absolute Gasteiger partial charge is 0.480 e. The van der Waals surface area contributed by atoms with Crippen LogP contribution in [0.4, 0.5) is 0 Å². The van der Waals surface area contributed by atoms with Crippen LogP contribution in [0.3, 0.4) is 0 Å². The van der Waals surface area contributed by atoms with Gasteiger partial charge in [-0.25, -0.2) is 0 Å². The van der Waals surface area contributed by atoms with Crippen molar-refractivity contribution in [3.05, 3.63) is 23.2 Å². The summed E-state index contributed by atoms with van der Waals surface area (Å²) in [6.45, 7) is 7.75. The highest BCUT2D eigenvalue weighted by molar-refractivity contribution is 5.95. The molecule has 1 fully saturated rings. The number of hydrogen-bond acceptors (Lipinski definition) is 4. The average Bonchev–Trinajstić information content (AvgIpc) is 2.78. The summed E-state index contributed by atoms with van der Waals surface area (Å²) in [5.74, 6) is 0.536. The van der Waals surface area contributed by atoms with Crippen molar-refractivity contribution >= 4 is 11.9 Å². The van der Waals surface area contributed by atoms with E-state index in [2.05, 4.69) is 0 Å². The normalized spacial score (nSPS) is 17.8. The summed E-state index contributed by atoms with van der Waals surface area (Å²) in [7, 11) is 0. The van der Waals surface area contributed by atoms with Gasteiger partial charge < -0.3 is 14.4 Å². The van der Waals surface area contributed by atoms with Gasteiger partial charge in [0.25, 0.3) is 5.91 Å². The Balaban J connectivity index is 1.99. The van der Waals surface area contributed by atoms with E-state index in [0.717, 1.165) is 5.76 Å². The highest BCUT2D eigenvalue weighted by Gasteiger charge is 2.30. The molecule has 1 aromatic heterocycles. The van der Waals surface area contributed by atoms with Crippen LogP contribution in [-0.2, 0) is 4.79 Å². The number of furan rings is 1. The third kappa shape index (κ3) is 3.26. The topological polar surface area (TPSA) is 74.0 Å². The summed E-state index contributed by atoms with van der Waals surface area (Å²) in [6.07, 6.45) is 0.573. The van der Waals surface area contributed by atoms with Gasteiger partial charge in [0.15, 0.2) is 0 Å². The fourth-order valence-corrected chi connectivity index (χ4v) is 2.84. The van der Waals surface area contributed by atoms with E-state index in [1.54, 1.807) is 17.9 Å². The van der Waals surface area contributed by atoms with Crippen molar-refractivity contribution in [2.75, 3.05) is 26.2 Å². The lowest BCUT2D eigenvalue weighted by Crippen LogP contribution is -2.53. The summed E-state index contributed by atoms with van der Waals surface area (Å²) >= 11 is 0. The molecule has 1 saturated heterocycles. The fraction of sp³-hybridized carbons (Fsp3) is 0.600. The molecule has 0 spiro atoms. The van der Waals surface area contributed by atoms with Crippen LogP contribution in [0.2, 0.25) is 0 Å². The summed E-state index contributed by atoms with van der Waals surface area (Å²) in [4.78, 5) is 27.3. The van der Waals surface area contributed by atoms with Crippen LogP contribution >= 0.6 is 0 Å². The molecule has 116 valence electrons. The number of amides is 1. The summed E-state index contributed by atoms with van der Waals surface area (Å²) < 4.78 is 5.40. The van der Waals surface area contributed by atoms with Crippen LogP contribution < -0.4 is 0 Å². The number of carbonyl (C=O) groups is 2. The van der Waals surface area contributed by atoms with Gasteiger partial charge in [-0.2, -0.15) is 0 Å². The lowest BCUT2D eigenvalue weighted by Gasteiger charge is -2.37. The molecule has 1 aliphatic heterocycles. The van der Waals surface area contributed by atoms with Gasteiger partial charge in [0, 0.05) is 26.2 Å². The number of carboxylic acid groups (broad SMARTS) is 1. The molecule has 0 aliphatic carbocycles. The number of carbonyl (C=O) groups excluding carboxylic acids is 1. The smallest absolute Gasteiger partial charge is 0.320 e. The van der Waals surface area contributed by atoms with Gasteiger partial charge in [-0.3, -0.25) is 14.5 Å². The molecule has 1 aromatic rings. The van der Waals surface area contributed by atoms with E-state index in [4.69, 9.17) is 4.42 Å². The third-order valence-electron chi connectivity index (χ3n) is 3.99. The summed E-state index contributed by atoms with van der Waals surface area (Å²) in [5, 5.41) is 9.18. The second-order valence-corrected chi connectivity index (χ2v) is 5.42. The Labute approximate surface area is 124 Å². The Hall–Kier alpha value is -1.82. The summed E-state index contributed by atoms with van der Waals surface area (Å²) in [5.41, 5.74) is 0.603. The van der Waals surface area contributed by atoms with E-state index in [-0.39, 0.29) is 5.91 Å². The van der Waals surface area contributed by atoms with E-state index >= 15 is 0 Å². The Morgan fingerprint density at radius 2 is 1.90 bits per heavy atom. The molecule has 2 rings (SSSR count). The van der Waals surface area contributed by atoms with Crippen molar-refractivity contribution in [3.8, 4) is 0 Å². The van der Waals surface area contributed by atoms with E-state index < -0.39 is 12.0 Å². The van der Waals surface area contributed by atoms with Crippen LogP contribution in [0.1, 0.15) is 35.2 Å². The molecule has 0 aromatic carbocycles. The van der Waals surface area contributed by atoms with Gasteiger partial charge in [0.05, 0.1) is 5.56 Å². The number of piperazine rings is 1. The predicted molar refractivity (Wildman–Crippen MR) is 77.4 cm³/mol. The number of nitrogens with zero attached hydrogens (tertiary/aromatic N) is 2. The Morgan fingerprint density at radius 3 is 2.33 bits per heavy atom. The first-order valence-electron chi connectivity index (χ1n) is 7.27. The number of aryl methyl sites for hydroxylation is 2. The van der Waals surface area contributed by atoms with Crippen molar-refractivity contribution in [1.82, 2.24) is 9.80 Å². The zero-order valence-corrected chi connectivity index (χ0v) is 12.8. The lowest BCUT2D eigenvalue weighted by atomic mass is 10.1. The van der Waals surface area contributed by atoms with Crippen LogP contribution in [-0.4, -0.2) is 59.0 Å². The number of hydrogen-bond donors (Lipinski definition) is 1. The monoisotopic (exact) mass is 294 g/mol. The maximum Gasteiger partial charge on any atom is 0.320 e. The van der Waals surface area contributed by atoms with Crippen molar-refractivity contribution in [3.63, 3.8) is 0 Å². The van der Waals surface area contributed by atoms with Crippen molar-refractivity contribution in [2.24, 2.45) is 0 Å². The summed E-state index contributed by atoms with van der Waals surface area (Å²) in [6, 6.07) is 1.30. The zero-order chi connectivity index (χ0) is 15.6. The van der Waals surface area contributed by atoms with Crippen LogP contribution in [0.5, 0.6) is 0 Å². The van der Waals surface area contributed by atoms with Gasteiger partial charge in [0.2, 0.25) is 0 Å². The van der Waals surface area contributed by atoms with Gasteiger partial charge in [0.1, 0.15) is 17.6 Å². The lowest BCUT2D eigenvalue weighted by molar-refractivity contribution is -0.144. The molecule has 1 N–H and O–H groups in total. The average molecular weight is 294 g/mol. The maximum atomic E-state index is 12.4. The molecular weight excluding hydrogens is 272 g/mol. The SMILES string of the molecule is CC[C@H](C(=O)O)N1CCN(C(=O)c2cc(C)oc2C)CC1. The molecule has 0 radical (unpaired) electrons. The second-order valence-electron chi connectivity index (χ2n) is 5.42. The van der Waals surface area contributed by atoms with E-state index in [1.807, 2.05) is 18.7 Å². The van der Waals surface area contributed by atoms with Crippen molar-refractivity contribution in [2.45, 2.75) is 33.2 Å². The molecular formula is C15H22N2O4. The first-order chi connectivity index (χ1) is 9.93. The molecule has 1 atom stereocenters. The van der Waals surface area contributed by atoms with Crippen LogP contribution in [0, 0.1) is 13.8 Å². The molecule has 1 amide bonds. The van der Waals surface area contributed by atoms with Crippen LogP contribution in [0.25, 0.3) is 0 Å². The minimum atomic E-state index is -0.793. The zero-order valence-electron chi connectivity index (χ0n) is 12.8. The molecule has 0 saturated carbocycles. The second kappa shape index (κ2) is 6.30. The molecule has 0 unspecified atom stereocenters. The van der Waals surface area contributed by atoms with Gasteiger partial charge >= 0.3 is 5.97 Å². The Kier molecular flexibility index (Phi) is 4.67. The van der Waals surface area contributed by atoms with Crippen molar-refractivity contribution < 1.29 is 19.1 Å². The molecule has 6 heteroatoms. The minimum absolute atomic E-state index is 0.0348. The van der Waals surface area contributed by atoms with Gasteiger partial charge in [-0.1, -0.05) is 6.92 Å². The van der Waals surface area contributed by atoms with E-state index in [1.165, 1.54) is 0 Å². The molecule has 1 aliphatic rings. The Bertz CT molecular complexity index is 530. The van der Waals surface area contributed by atoms with Crippen LogP contribution in [0.15, 0.2) is 10.5 Å². The first kappa shape index (κ1) is 15.6.